The lowest BCUT2D eigenvalue weighted by Crippen LogP contribution is -2.54. The van der Waals surface area contributed by atoms with Gasteiger partial charge in [0, 0.05) is 5.02 Å². The lowest BCUT2D eigenvalue weighted by atomic mass is 10.1. The summed E-state index contributed by atoms with van der Waals surface area (Å²) in [6, 6.07) is 7.12. The Labute approximate surface area is 221 Å². The van der Waals surface area contributed by atoms with Crippen molar-refractivity contribution < 1.29 is 23.9 Å². The van der Waals surface area contributed by atoms with Crippen molar-refractivity contribution >= 4 is 52.8 Å². The molecular formula is C27H30Cl2N2O5. The van der Waals surface area contributed by atoms with E-state index in [4.69, 9.17) is 32.7 Å². The topological polar surface area (TPSA) is 84.9 Å². The minimum absolute atomic E-state index is 0.231. The van der Waals surface area contributed by atoms with Crippen molar-refractivity contribution in [2.75, 3.05) is 18.6 Å². The van der Waals surface area contributed by atoms with Gasteiger partial charge in [-0.05, 0) is 54.8 Å². The molecule has 7 nitrogen and oxygen atoms in total. The number of benzene rings is 2. The fourth-order valence-electron chi connectivity index (χ4n) is 3.80. The predicted molar refractivity (Wildman–Crippen MR) is 142 cm³/mol. The summed E-state index contributed by atoms with van der Waals surface area (Å²) in [5, 5.41) is 2.88. The lowest BCUT2D eigenvalue weighted by molar-refractivity contribution is -0.122. The summed E-state index contributed by atoms with van der Waals surface area (Å²) < 4.78 is 11.3. The Morgan fingerprint density at radius 3 is 2.39 bits per heavy atom. The maximum atomic E-state index is 13.2. The SMILES string of the molecule is CCCCCCCCOc1c(Cl)cc(/C=C2\C(=O)NC(=O)N(c3ccc(C)c(Cl)c3)C2=O)cc1OC. The van der Waals surface area contributed by atoms with E-state index >= 15 is 0 Å². The molecule has 9 heteroatoms. The van der Waals surface area contributed by atoms with E-state index in [-0.39, 0.29) is 16.3 Å². The summed E-state index contributed by atoms with van der Waals surface area (Å²) in [6.45, 7) is 4.49. The number of urea groups is 1. The van der Waals surface area contributed by atoms with Crippen LogP contribution in [0.25, 0.3) is 6.08 Å². The smallest absolute Gasteiger partial charge is 0.335 e. The van der Waals surface area contributed by atoms with Crippen LogP contribution in [0.2, 0.25) is 10.0 Å². The van der Waals surface area contributed by atoms with Gasteiger partial charge in [-0.2, -0.15) is 0 Å². The van der Waals surface area contributed by atoms with Gasteiger partial charge in [0.25, 0.3) is 11.8 Å². The molecule has 192 valence electrons. The number of barbiturate groups is 1. The molecular weight excluding hydrogens is 503 g/mol. The van der Waals surface area contributed by atoms with Crippen LogP contribution in [-0.4, -0.2) is 31.6 Å². The van der Waals surface area contributed by atoms with Crippen molar-refractivity contribution in [2.24, 2.45) is 0 Å². The summed E-state index contributed by atoms with van der Waals surface area (Å²) >= 11 is 12.6. The number of rotatable bonds is 11. The highest BCUT2D eigenvalue weighted by Gasteiger charge is 2.37. The monoisotopic (exact) mass is 532 g/mol. The van der Waals surface area contributed by atoms with Crippen LogP contribution >= 0.6 is 23.2 Å². The quantitative estimate of drug-likeness (QED) is 0.197. The number of methoxy groups -OCH3 is 1. The molecule has 1 N–H and O–H groups in total. The number of carbonyl (C=O) groups is 3. The van der Waals surface area contributed by atoms with Gasteiger partial charge in [0.05, 0.1) is 24.4 Å². The van der Waals surface area contributed by atoms with Crippen LogP contribution in [0.5, 0.6) is 11.5 Å². The standard InChI is InChI=1S/C27H30Cl2N2O5/c1-4-5-6-7-8-9-12-36-24-22(29)14-18(15-23(24)35-3)13-20-25(32)30-27(34)31(26(20)33)19-11-10-17(2)21(28)16-19/h10-11,13-16H,4-9,12H2,1-3H3,(H,30,32,34)/b20-13+. The highest BCUT2D eigenvalue weighted by molar-refractivity contribution is 6.39. The van der Waals surface area contributed by atoms with Crippen LogP contribution in [0.15, 0.2) is 35.9 Å². The number of carbonyl (C=O) groups excluding carboxylic acids is 3. The molecule has 1 aliphatic heterocycles. The van der Waals surface area contributed by atoms with Crippen LogP contribution in [0.1, 0.15) is 56.6 Å². The van der Waals surface area contributed by atoms with Crippen LogP contribution < -0.4 is 19.7 Å². The average Bonchev–Trinajstić information content (AvgIpc) is 2.84. The molecule has 1 saturated heterocycles. The van der Waals surface area contributed by atoms with Gasteiger partial charge in [0.15, 0.2) is 11.5 Å². The third kappa shape index (κ3) is 6.59. The zero-order chi connectivity index (χ0) is 26.2. The predicted octanol–water partition coefficient (Wildman–Crippen LogP) is 6.72. The first-order valence-electron chi connectivity index (χ1n) is 11.9. The minimum Gasteiger partial charge on any atom is -0.493 e. The Bertz CT molecular complexity index is 1180. The van der Waals surface area contributed by atoms with Crippen molar-refractivity contribution in [3.63, 3.8) is 0 Å². The molecule has 3 rings (SSSR count). The van der Waals surface area contributed by atoms with Gasteiger partial charge in [-0.3, -0.25) is 14.9 Å². The summed E-state index contributed by atoms with van der Waals surface area (Å²) in [6.07, 6.45) is 8.16. The summed E-state index contributed by atoms with van der Waals surface area (Å²) in [7, 11) is 1.49. The zero-order valence-corrected chi connectivity index (χ0v) is 22.2. The van der Waals surface area contributed by atoms with E-state index < -0.39 is 17.8 Å². The Balaban J connectivity index is 1.81. The van der Waals surface area contributed by atoms with E-state index in [9.17, 15) is 14.4 Å². The highest BCUT2D eigenvalue weighted by atomic mass is 35.5. The number of unbranched alkanes of at least 4 members (excludes halogenated alkanes) is 5. The molecule has 0 bridgehead atoms. The summed E-state index contributed by atoms with van der Waals surface area (Å²) in [5.74, 6) is -0.803. The van der Waals surface area contributed by atoms with E-state index in [0.717, 1.165) is 23.3 Å². The van der Waals surface area contributed by atoms with Crippen molar-refractivity contribution in [2.45, 2.75) is 52.4 Å². The third-order valence-electron chi connectivity index (χ3n) is 5.82. The number of hydrogen-bond acceptors (Lipinski definition) is 5. The molecule has 1 heterocycles. The molecule has 2 aromatic rings. The summed E-state index contributed by atoms with van der Waals surface area (Å²) in [4.78, 5) is 39.0. The highest BCUT2D eigenvalue weighted by Crippen LogP contribution is 2.37. The van der Waals surface area contributed by atoms with Crippen molar-refractivity contribution in [3.05, 3.63) is 57.1 Å². The number of nitrogens with zero attached hydrogens (tertiary/aromatic N) is 1. The fraction of sp³-hybridized carbons (Fsp3) is 0.370. The van der Waals surface area contributed by atoms with Crippen LogP contribution in [0.3, 0.4) is 0 Å². The molecule has 2 aromatic carbocycles. The van der Waals surface area contributed by atoms with Gasteiger partial charge < -0.3 is 9.47 Å². The maximum Gasteiger partial charge on any atom is 0.335 e. The van der Waals surface area contributed by atoms with Crippen molar-refractivity contribution in [3.8, 4) is 11.5 Å². The molecule has 0 aromatic heterocycles. The van der Waals surface area contributed by atoms with Gasteiger partial charge in [0.1, 0.15) is 5.57 Å². The molecule has 4 amide bonds. The summed E-state index contributed by atoms with van der Waals surface area (Å²) in [5.41, 5.74) is 1.25. The number of hydrogen-bond donors (Lipinski definition) is 1. The fourth-order valence-corrected chi connectivity index (χ4v) is 4.25. The number of amides is 4. The second kappa shape index (κ2) is 12.8. The molecule has 1 fully saturated rings. The minimum atomic E-state index is -0.851. The first-order valence-corrected chi connectivity index (χ1v) is 12.7. The number of nitrogens with one attached hydrogen (secondary N) is 1. The number of imide groups is 2. The van der Waals surface area contributed by atoms with Gasteiger partial charge in [-0.25, -0.2) is 9.69 Å². The number of aryl methyl sites for hydroxylation is 1. The van der Waals surface area contributed by atoms with Gasteiger partial charge >= 0.3 is 6.03 Å². The van der Waals surface area contributed by atoms with Crippen LogP contribution in [-0.2, 0) is 9.59 Å². The van der Waals surface area contributed by atoms with Crippen LogP contribution in [0, 0.1) is 6.92 Å². The zero-order valence-electron chi connectivity index (χ0n) is 20.7. The normalized spacial score (nSPS) is 14.9. The van der Waals surface area contributed by atoms with Crippen molar-refractivity contribution in [1.82, 2.24) is 5.32 Å². The van der Waals surface area contributed by atoms with E-state index in [0.29, 0.717) is 28.7 Å². The molecule has 0 spiro atoms. The van der Waals surface area contributed by atoms with Gasteiger partial charge in [0.2, 0.25) is 0 Å². The molecule has 0 aliphatic carbocycles. The van der Waals surface area contributed by atoms with E-state index in [1.807, 2.05) is 0 Å². The molecule has 1 aliphatic rings. The first-order chi connectivity index (χ1) is 17.3. The molecule has 0 atom stereocenters. The lowest BCUT2D eigenvalue weighted by Gasteiger charge is -2.26. The largest absolute Gasteiger partial charge is 0.493 e. The second-order valence-electron chi connectivity index (χ2n) is 8.54. The van der Waals surface area contributed by atoms with Gasteiger partial charge in [-0.15, -0.1) is 0 Å². The molecule has 36 heavy (non-hydrogen) atoms. The number of ether oxygens (including phenoxy) is 2. The molecule has 0 unspecified atom stereocenters. The Hall–Kier alpha value is -3.03. The van der Waals surface area contributed by atoms with E-state index in [2.05, 4.69) is 12.2 Å². The van der Waals surface area contributed by atoms with E-state index in [1.165, 1.54) is 44.9 Å². The first kappa shape index (κ1) is 27.6. The van der Waals surface area contributed by atoms with Crippen LogP contribution in [0.4, 0.5) is 10.5 Å². The molecule has 0 saturated carbocycles. The van der Waals surface area contributed by atoms with Crippen molar-refractivity contribution in [1.29, 1.82) is 0 Å². The third-order valence-corrected chi connectivity index (χ3v) is 6.51. The number of anilines is 1. The van der Waals surface area contributed by atoms with E-state index in [1.54, 1.807) is 31.2 Å². The number of halogens is 2. The maximum absolute atomic E-state index is 13.2. The Morgan fingerprint density at radius 2 is 1.69 bits per heavy atom. The Morgan fingerprint density at radius 1 is 0.972 bits per heavy atom. The second-order valence-corrected chi connectivity index (χ2v) is 9.36. The molecule has 0 radical (unpaired) electrons. The Kier molecular flexibility index (Phi) is 9.79. The van der Waals surface area contributed by atoms with Gasteiger partial charge in [-0.1, -0.05) is 68.3 Å². The average molecular weight is 533 g/mol.